The van der Waals surface area contributed by atoms with E-state index in [9.17, 15) is 18.0 Å². The minimum absolute atomic E-state index is 0.110. The van der Waals surface area contributed by atoms with Gasteiger partial charge in [-0.05, 0) is 30.3 Å². The van der Waals surface area contributed by atoms with Gasteiger partial charge in [0.15, 0.2) is 11.6 Å². The number of carboxylic acid groups (broad SMARTS) is 1. The van der Waals surface area contributed by atoms with Gasteiger partial charge in [-0.3, -0.25) is 0 Å². The zero-order valence-corrected chi connectivity index (χ0v) is 10.0. The van der Waals surface area contributed by atoms with Crippen molar-refractivity contribution in [1.29, 1.82) is 0 Å². The molecule has 2 rings (SSSR count). The predicted octanol–water partition coefficient (Wildman–Crippen LogP) is 4.12. The van der Waals surface area contributed by atoms with Gasteiger partial charge in [0.05, 0.1) is 10.6 Å². The van der Waals surface area contributed by atoms with Crippen LogP contribution >= 0.6 is 11.6 Å². The summed E-state index contributed by atoms with van der Waals surface area (Å²) in [4.78, 5) is 10.8. The Balaban J connectivity index is 2.67. The van der Waals surface area contributed by atoms with Crippen molar-refractivity contribution in [3.63, 3.8) is 0 Å². The second-order valence-electron chi connectivity index (χ2n) is 3.75. The molecule has 2 aromatic carbocycles. The molecule has 0 aliphatic rings. The Bertz CT molecular complexity index is 671. The summed E-state index contributed by atoms with van der Waals surface area (Å²) in [5.74, 6) is -4.40. The molecular weight excluding hydrogens is 281 g/mol. The van der Waals surface area contributed by atoms with Gasteiger partial charge in [-0.25, -0.2) is 18.0 Å². The van der Waals surface area contributed by atoms with Gasteiger partial charge < -0.3 is 5.11 Å². The number of aromatic carboxylic acids is 1. The van der Waals surface area contributed by atoms with E-state index >= 15 is 0 Å². The van der Waals surface area contributed by atoms with Gasteiger partial charge in [0.2, 0.25) is 0 Å². The fraction of sp³-hybridized carbons (Fsp3) is 0. The molecule has 0 amide bonds. The maximum Gasteiger partial charge on any atom is 0.335 e. The third-order valence-corrected chi connectivity index (χ3v) is 2.83. The molecule has 0 radical (unpaired) electrons. The average Bonchev–Trinajstić information content (AvgIpc) is 2.34. The normalized spacial score (nSPS) is 10.5. The minimum atomic E-state index is -1.26. The van der Waals surface area contributed by atoms with E-state index in [0.29, 0.717) is 6.07 Å². The highest BCUT2D eigenvalue weighted by Gasteiger charge is 2.15. The first-order valence-electron chi connectivity index (χ1n) is 5.08. The zero-order chi connectivity index (χ0) is 14.2. The van der Waals surface area contributed by atoms with Gasteiger partial charge in [0.25, 0.3) is 0 Å². The summed E-state index contributed by atoms with van der Waals surface area (Å²) in [6.45, 7) is 0. The first-order chi connectivity index (χ1) is 8.90. The summed E-state index contributed by atoms with van der Waals surface area (Å²) in [6.07, 6.45) is 0. The van der Waals surface area contributed by atoms with Crippen LogP contribution in [0.3, 0.4) is 0 Å². The molecule has 0 fully saturated rings. The fourth-order valence-electron chi connectivity index (χ4n) is 1.59. The molecule has 0 heterocycles. The third kappa shape index (κ3) is 2.56. The molecule has 0 saturated carbocycles. The number of halogens is 4. The van der Waals surface area contributed by atoms with E-state index in [-0.39, 0.29) is 21.7 Å². The number of hydrogen-bond acceptors (Lipinski definition) is 1. The SMILES string of the molecule is O=C(O)c1ccc(F)c(-c2cc(F)c(F)cc2Cl)c1. The summed E-state index contributed by atoms with van der Waals surface area (Å²) < 4.78 is 39.8. The zero-order valence-electron chi connectivity index (χ0n) is 9.25. The van der Waals surface area contributed by atoms with Crippen LogP contribution in [0.1, 0.15) is 10.4 Å². The molecular formula is C13H6ClF3O2. The maximum absolute atomic E-state index is 13.7. The third-order valence-electron chi connectivity index (χ3n) is 2.51. The number of carboxylic acids is 1. The van der Waals surface area contributed by atoms with Gasteiger partial charge >= 0.3 is 5.97 Å². The number of hydrogen-bond donors (Lipinski definition) is 1. The van der Waals surface area contributed by atoms with Gasteiger partial charge in [-0.1, -0.05) is 11.6 Å². The lowest BCUT2D eigenvalue weighted by Crippen LogP contribution is -1.98. The number of carbonyl (C=O) groups is 1. The second kappa shape index (κ2) is 4.93. The molecule has 0 aliphatic heterocycles. The number of rotatable bonds is 2. The quantitative estimate of drug-likeness (QED) is 0.843. The molecule has 2 nitrogen and oxygen atoms in total. The van der Waals surface area contributed by atoms with Crippen molar-refractivity contribution in [2.24, 2.45) is 0 Å². The molecule has 0 bridgehead atoms. The minimum Gasteiger partial charge on any atom is -0.478 e. The Morgan fingerprint density at radius 1 is 0.947 bits per heavy atom. The fourth-order valence-corrected chi connectivity index (χ4v) is 1.85. The van der Waals surface area contributed by atoms with Crippen LogP contribution in [0.15, 0.2) is 30.3 Å². The first-order valence-corrected chi connectivity index (χ1v) is 5.45. The summed E-state index contributed by atoms with van der Waals surface area (Å²) in [5.41, 5.74) is -0.498. The Morgan fingerprint density at radius 3 is 2.21 bits per heavy atom. The van der Waals surface area contributed by atoms with E-state index < -0.39 is 23.4 Å². The van der Waals surface area contributed by atoms with Crippen LogP contribution in [-0.2, 0) is 0 Å². The smallest absolute Gasteiger partial charge is 0.335 e. The lowest BCUT2D eigenvalue weighted by molar-refractivity contribution is 0.0697. The standard InChI is InChI=1S/C13H6ClF3O2/c14-9-5-12(17)11(16)4-7(9)8-3-6(13(18)19)1-2-10(8)15/h1-5H,(H,18,19). The monoisotopic (exact) mass is 286 g/mol. The van der Waals surface area contributed by atoms with Crippen LogP contribution in [0, 0.1) is 17.5 Å². The highest BCUT2D eigenvalue weighted by Crippen LogP contribution is 2.32. The molecule has 6 heteroatoms. The van der Waals surface area contributed by atoms with Crippen molar-refractivity contribution in [3.8, 4) is 11.1 Å². The van der Waals surface area contributed by atoms with E-state index in [1.165, 1.54) is 0 Å². The summed E-state index contributed by atoms with van der Waals surface area (Å²) in [6, 6.07) is 4.43. The molecule has 0 saturated heterocycles. The van der Waals surface area contributed by atoms with Crippen molar-refractivity contribution in [2.45, 2.75) is 0 Å². The second-order valence-corrected chi connectivity index (χ2v) is 4.15. The predicted molar refractivity (Wildman–Crippen MR) is 63.7 cm³/mol. The van der Waals surface area contributed by atoms with Gasteiger partial charge in [-0.15, -0.1) is 0 Å². The molecule has 0 atom stereocenters. The van der Waals surface area contributed by atoms with Crippen molar-refractivity contribution in [1.82, 2.24) is 0 Å². The Labute approximate surface area is 111 Å². The topological polar surface area (TPSA) is 37.3 Å². The molecule has 0 aliphatic carbocycles. The van der Waals surface area contributed by atoms with Crippen molar-refractivity contribution in [2.75, 3.05) is 0 Å². The van der Waals surface area contributed by atoms with Crippen LogP contribution in [0.4, 0.5) is 13.2 Å². The molecule has 0 unspecified atom stereocenters. The number of benzene rings is 2. The Kier molecular flexibility index (Phi) is 3.48. The lowest BCUT2D eigenvalue weighted by Gasteiger charge is -2.08. The molecule has 0 aromatic heterocycles. The van der Waals surface area contributed by atoms with Crippen molar-refractivity contribution >= 4 is 17.6 Å². The molecule has 19 heavy (non-hydrogen) atoms. The van der Waals surface area contributed by atoms with E-state index in [0.717, 1.165) is 24.3 Å². The van der Waals surface area contributed by atoms with Gasteiger partial charge in [0.1, 0.15) is 5.82 Å². The molecule has 2 aromatic rings. The van der Waals surface area contributed by atoms with E-state index in [1.807, 2.05) is 0 Å². The first kappa shape index (κ1) is 13.4. The summed E-state index contributed by atoms with van der Waals surface area (Å²) in [5, 5.41) is 8.62. The molecule has 0 spiro atoms. The van der Waals surface area contributed by atoms with E-state index in [1.54, 1.807) is 0 Å². The molecule has 98 valence electrons. The Morgan fingerprint density at radius 2 is 1.58 bits per heavy atom. The Hall–Kier alpha value is -2.01. The summed E-state index contributed by atoms with van der Waals surface area (Å²) in [7, 11) is 0. The van der Waals surface area contributed by atoms with E-state index in [4.69, 9.17) is 16.7 Å². The van der Waals surface area contributed by atoms with Crippen molar-refractivity contribution in [3.05, 3.63) is 58.4 Å². The van der Waals surface area contributed by atoms with Crippen LogP contribution in [-0.4, -0.2) is 11.1 Å². The summed E-state index contributed by atoms with van der Waals surface area (Å²) >= 11 is 5.72. The van der Waals surface area contributed by atoms with E-state index in [2.05, 4.69) is 0 Å². The van der Waals surface area contributed by atoms with Crippen LogP contribution in [0.2, 0.25) is 5.02 Å². The van der Waals surface area contributed by atoms with Crippen LogP contribution < -0.4 is 0 Å². The van der Waals surface area contributed by atoms with Gasteiger partial charge in [-0.2, -0.15) is 0 Å². The highest BCUT2D eigenvalue weighted by atomic mass is 35.5. The van der Waals surface area contributed by atoms with Gasteiger partial charge in [0, 0.05) is 11.1 Å². The van der Waals surface area contributed by atoms with Crippen LogP contribution in [0.25, 0.3) is 11.1 Å². The van der Waals surface area contributed by atoms with Crippen LogP contribution in [0.5, 0.6) is 0 Å². The molecule has 1 N–H and O–H groups in total. The largest absolute Gasteiger partial charge is 0.478 e. The average molecular weight is 287 g/mol. The highest BCUT2D eigenvalue weighted by molar-refractivity contribution is 6.33. The lowest BCUT2D eigenvalue weighted by atomic mass is 10.0. The maximum atomic E-state index is 13.7. The van der Waals surface area contributed by atoms with Crippen molar-refractivity contribution < 1.29 is 23.1 Å².